The minimum atomic E-state index is 0.648. The van der Waals surface area contributed by atoms with Gasteiger partial charge in [0.2, 0.25) is 0 Å². The molecule has 0 spiro atoms. The third-order valence-corrected chi connectivity index (χ3v) is 1.77. The zero-order chi connectivity index (χ0) is 9.84. The van der Waals surface area contributed by atoms with Crippen LogP contribution in [0.3, 0.4) is 0 Å². The SMILES string of the molecule is Cc1cc(C)cc(CON(C)C)c1. The van der Waals surface area contributed by atoms with Crippen LogP contribution in [0, 0.1) is 13.8 Å². The van der Waals surface area contributed by atoms with Crippen LogP contribution < -0.4 is 0 Å². The molecule has 0 saturated heterocycles. The molecule has 0 aliphatic rings. The molecule has 2 heteroatoms. The Hall–Kier alpha value is -0.860. The average Bonchev–Trinajstić information content (AvgIpc) is 1.99. The summed E-state index contributed by atoms with van der Waals surface area (Å²) in [7, 11) is 3.78. The monoisotopic (exact) mass is 179 g/mol. The lowest BCUT2D eigenvalue weighted by atomic mass is 10.1. The smallest absolute Gasteiger partial charge is 0.0935 e. The second-order valence-electron chi connectivity index (χ2n) is 3.58. The van der Waals surface area contributed by atoms with Gasteiger partial charge >= 0.3 is 0 Å². The van der Waals surface area contributed by atoms with E-state index in [1.54, 1.807) is 5.06 Å². The van der Waals surface area contributed by atoms with Gasteiger partial charge in [-0.2, -0.15) is 5.06 Å². The maximum absolute atomic E-state index is 5.37. The molecule has 0 aromatic heterocycles. The number of aryl methyl sites for hydroxylation is 2. The topological polar surface area (TPSA) is 12.5 Å². The molecular formula is C11H17NO. The minimum Gasteiger partial charge on any atom is -0.295 e. The highest BCUT2D eigenvalue weighted by Crippen LogP contribution is 2.09. The third kappa shape index (κ3) is 3.57. The second-order valence-corrected chi connectivity index (χ2v) is 3.58. The van der Waals surface area contributed by atoms with Crippen LogP contribution in [0.4, 0.5) is 0 Å². The van der Waals surface area contributed by atoms with Crippen molar-refractivity contribution < 1.29 is 4.84 Å². The lowest BCUT2D eigenvalue weighted by molar-refractivity contribution is -0.130. The van der Waals surface area contributed by atoms with E-state index in [0.717, 1.165) is 0 Å². The first-order chi connectivity index (χ1) is 6.08. The first kappa shape index (κ1) is 10.2. The summed E-state index contributed by atoms with van der Waals surface area (Å²) in [5, 5.41) is 1.72. The van der Waals surface area contributed by atoms with Crippen LogP contribution in [0.1, 0.15) is 16.7 Å². The van der Waals surface area contributed by atoms with Gasteiger partial charge < -0.3 is 0 Å². The van der Waals surface area contributed by atoms with Gasteiger partial charge in [-0.25, -0.2) is 0 Å². The van der Waals surface area contributed by atoms with Gasteiger partial charge in [-0.1, -0.05) is 29.3 Å². The van der Waals surface area contributed by atoms with Crippen molar-refractivity contribution in [1.29, 1.82) is 0 Å². The van der Waals surface area contributed by atoms with E-state index >= 15 is 0 Å². The van der Waals surface area contributed by atoms with Crippen LogP contribution in [0.25, 0.3) is 0 Å². The summed E-state index contributed by atoms with van der Waals surface area (Å²) in [5.74, 6) is 0. The van der Waals surface area contributed by atoms with Crippen LogP contribution in [0.5, 0.6) is 0 Å². The van der Waals surface area contributed by atoms with Gasteiger partial charge in [-0.05, 0) is 19.4 Å². The van der Waals surface area contributed by atoms with Crippen molar-refractivity contribution in [3.63, 3.8) is 0 Å². The first-order valence-corrected chi connectivity index (χ1v) is 4.45. The van der Waals surface area contributed by atoms with Gasteiger partial charge in [-0.15, -0.1) is 0 Å². The van der Waals surface area contributed by atoms with E-state index in [1.807, 2.05) is 14.1 Å². The molecule has 0 radical (unpaired) electrons. The molecule has 0 atom stereocenters. The number of rotatable bonds is 3. The Morgan fingerprint density at radius 2 is 1.62 bits per heavy atom. The Morgan fingerprint density at radius 3 is 2.08 bits per heavy atom. The van der Waals surface area contributed by atoms with Crippen LogP contribution in [0.2, 0.25) is 0 Å². The predicted molar refractivity (Wildman–Crippen MR) is 54.4 cm³/mol. The molecule has 1 aromatic rings. The molecule has 72 valence electrons. The highest BCUT2D eigenvalue weighted by molar-refractivity contribution is 5.27. The van der Waals surface area contributed by atoms with Crippen LogP contribution >= 0.6 is 0 Å². The molecular weight excluding hydrogens is 162 g/mol. The number of hydroxylamine groups is 2. The summed E-state index contributed by atoms with van der Waals surface area (Å²) in [6.45, 7) is 4.86. The van der Waals surface area contributed by atoms with Gasteiger partial charge in [0.25, 0.3) is 0 Å². The summed E-state index contributed by atoms with van der Waals surface area (Å²) in [6.07, 6.45) is 0. The van der Waals surface area contributed by atoms with Crippen LogP contribution in [-0.4, -0.2) is 19.2 Å². The number of benzene rings is 1. The van der Waals surface area contributed by atoms with Crippen molar-refractivity contribution in [2.75, 3.05) is 14.1 Å². The number of nitrogens with zero attached hydrogens (tertiary/aromatic N) is 1. The molecule has 0 aliphatic heterocycles. The molecule has 13 heavy (non-hydrogen) atoms. The fourth-order valence-electron chi connectivity index (χ4n) is 1.36. The maximum Gasteiger partial charge on any atom is 0.0935 e. The van der Waals surface area contributed by atoms with Gasteiger partial charge in [0, 0.05) is 14.1 Å². The third-order valence-electron chi connectivity index (χ3n) is 1.77. The van der Waals surface area contributed by atoms with E-state index in [4.69, 9.17) is 4.84 Å². The van der Waals surface area contributed by atoms with E-state index in [-0.39, 0.29) is 0 Å². The van der Waals surface area contributed by atoms with E-state index in [9.17, 15) is 0 Å². The Labute approximate surface area is 80.1 Å². The molecule has 2 nitrogen and oxygen atoms in total. The number of hydrogen-bond acceptors (Lipinski definition) is 2. The largest absolute Gasteiger partial charge is 0.295 e. The molecule has 0 aliphatic carbocycles. The molecule has 0 heterocycles. The summed E-state index contributed by atoms with van der Waals surface area (Å²) >= 11 is 0. The van der Waals surface area contributed by atoms with Crippen molar-refractivity contribution in [3.8, 4) is 0 Å². The van der Waals surface area contributed by atoms with E-state index in [2.05, 4.69) is 32.0 Å². The lowest BCUT2D eigenvalue weighted by Gasteiger charge is -2.11. The first-order valence-electron chi connectivity index (χ1n) is 4.45. The molecule has 0 amide bonds. The van der Waals surface area contributed by atoms with Gasteiger partial charge in [0.1, 0.15) is 0 Å². The quantitative estimate of drug-likeness (QED) is 0.660. The van der Waals surface area contributed by atoms with Crippen molar-refractivity contribution >= 4 is 0 Å². The Bertz CT molecular complexity index is 261. The Morgan fingerprint density at radius 1 is 1.08 bits per heavy atom. The fraction of sp³-hybridized carbons (Fsp3) is 0.455. The normalized spacial score (nSPS) is 10.8. The zero-order valence-electron chi connectivity index (χ0n) is 8.79. The summed E-state index contributed by atoms with van der Waals surface area (Å²) < 4.78 is 0. The zero-order valence-corrected chi connectivity index (χ0v) is 8.79. The highest BCUT2D eigenvalue weighted by atomic mass is 16.7. The molecule has 1 aromatic carbocycles. The van der Waals surface area contributed by atoms with Crippen molar-refractivity contribution in [3.05, 3.63) is 34.9 Å². The fourth-order valence-corrected chi connectivity index (χ4v) is 1.36. The Balaban J connectivity index is 2.66. The average molecular weight is 179 g/mol. The van der Waals surface area contributed by atoms with Crippen LogP contribution in [-0.2, 0) is 11.4 Å². The van der Waals surface area contributed by atoms with Gasteiger partial charge in [0.15, 0.2) is 0 Å². The summed E-state index contributed by atoms with van der Waals surface area (Å²) in [4.78, 5) is 5.37. The molecule has 0 saturated carbocycles. The highest BCUT2D eigenvalue weighted by Gasteiger charge is 1.97. The molecule has 0 bridgehead atoms. The second kappa shape index (κ2) is 4.40. The molecule has 0 N–H and O–H groups in total. The van der Waals surface area contributed by atoms with Gasteiger partial charge in [-0.3, -0.25) is 4.84 Å². The van der Waals surface area contributed by atoms with Crippen molar-refractivity contribution in [1.82, 2.24) is 5.06 Å². The van der Waals surface area contributed by atoms with Crippen LogP contribution in [0.15, 0.2) is 18.2 Å². The predicted octanol–water partition coefficient (Wildman–Crippen LogP) is 2.30. The molecule has 0 unspecified atom stereocenters. The van der Waals surface area contributed by atoms with E-state index in [0.29, 0.717) is 6.61 Å². The van der Waals surface area contributed by atoms with Gasteiger partial charge in [0.05, 0.1) is 6.61 Å². The maximum atomic E-state index is 5.37. The minimum absolute atomic E-state index is 0.648. The molecule has 0 fully saturated rings. The lowest BCUT2D eigenvalue weighted by Crippen LogP contribution is -2.12. The van der Waals surface area contributed by atoms with E-state index < -0.39 is 0 Å². The molecule has 1 rings (SSSR count). The standard InChI is InChI=1S/C11H17NO/c1-9-5-10(2)7-11(6-9)8-13-12(3)4/h5-7H,8H2,1-4H3. The van der Waals surface area contributed by atoms with E-state index in [1.165, 1.54) is 16.7 Å². The summed E-state index contributed by atoms with van der Waals surface area (Å²) in [5.41, 5.74) is 3.81. The Kier molecular flexibility index (Phi) is 3.46. The summed E-state index contributed by atoms with van der Waals surface area (Å²) in [6, 6.07) is 6.46. The van der Waals surface area contributed by atoms with Crippen molar-refractivity contribution in [2.45, 2.75) is 20.5 Å². The number of hydrogen-bond donors (Lipinski definition) is 0. The van der Waals surface area contributed by atoms with Crippen molar-refractivity contribution in [2.24, 2.45) is 0 Å².